The molecule has 0 unspecified atom stereocenters. The van der Waals surface area contributed by atoms with Crippen molar-refractivity contribution in [3.63, 3.8) is 0 Å². The van der Waals surface area contributed by atoms with E-state index in [1.165, 1.54) is 0 Å². The molecule has 1 aliphatic rings. The minimum Gasteiger partial charge on any atom is -0.475 e. The maximum Gasteiger partial charge on any atom is 0.371 e. The number of likely N-dealkylation sites (N-methyl/N-ethyl adjacent to an activating group) is 1. The van der Waals surface area contributed by atoms with Crippen LogP contribution >= 0.6 is 12.4 Å². The Balaban J connectivity index is 0.00000192. The zero-order chi connectivity index (χ0) is 15.9. The van der Waals surface area contributed by atoms with Gasteiger partial charge in [-0.1, -0.05) is 6.07 Å². The number of aromatic carboxylic acids is 1. The van der Waals surface area contributed by atoms with Gasteiger partial charge in [-0.05, 0) is 25.6 Å². The van der Waals surface area contributed by atoms with Crippen molar-refractivity contribution < 1.29 is 14.3 Å². The number of benzene rings is 1. The van der Waals surface area contributed by atoms with Gasteiger partial charge in [-0.3, -0.25) is 4.79 Å². The van der Waals surface area contributed by atoms with Gasteiger partial charge in [0.05, 0.1) is 11.1 Å². The van der Waals surface area contributed by atoms with Crippen LogP contribution in [0, 0.1) is 6.92 Å². The molecule has 0 spiro atoms. The van der Waals surface area contributed by atoms with Crippen LogP contribution in [0.4, 0.5) is 5.69 Å². The van der Waals surface area contributed by atoms with Crippen LogP contribution in [0.3, 0.4) is 0 Å². The number of hydrogen-bond donors (Lipinski definition) is 1. The number of fused-ring (bicyclic) bond motifs is 1. The van der Waals surface area contributed by atoms with Gasteiger partial charge in [0.25, 0.3) is 0 Å². The number of hydrogen-bond acceptors (Lipinski definition) is 5. The van der Waals surface area contributed by atoms with Crippen LogP contribution in [-0.2, 0) is 0 Å². The summed E-state index contributed by atoms with van der Waals surface area (Å²) in [7, 11) is 2.06. The molecule has 1 aliphatic heterocycles. The highest BCUT2D eigenvalue weighted by atomic mass is 35.5. The van der Waals surface area contributed by atoms with Crippen LogP contribution in [0.5, 0.6) is 0 Å². The number of rotatable bonds is 2. The number of nitrogens with zero attached hydrogens (tertiary/aromatic N) is 2. The van der Waals surface area contributed by atoms with E-state index >= 15 is 0 Å². The molecule has 0 bridgehead atoms. The van der Waals surface area contributed by atoms with Crippen molar-refractivity contribution in [3.05, 3.63) is 39.7 Å². The number of carbonyl (C=O) groups is 1. The third-order valence-corrected chi connectivity index (χ3v) is 4.12. The molecule has 0 aliphatic carbocycles. The zero-order valence-corrected chi connectivity index (χ0v) is 13.9. The minimum absolute atomic E-state index is 0. The van der Waals surface area contributed by atoms with Crippen LogP contribution in [0.15, 0.2) is 27.4 Å². The third kappa shape index (κ3) is 3.18. The fourth-order valence-electron chi connectivity index (χ4n) is 2.81. The average Bonchev–Trinajstić information content (AvgIpc) is 2.48. The molecule has 1 fully saturated rings. The molecule has 1 aromatic carbocycles. The van der Waals surface area contributed by atoms with E-state index in [9.17, 15) is 9.59 Å². The van der Waals surface area contributed by atoms with Gasteiger partial charge in [0.1, 0.15) is 0 Å². The Bertz CT molecular complexity index is 795. The summed E-state index contributed by atoms with van der Waals surface area (Å²) in [6.45, 7) is 5.29. The van der Waals surface area contributed by atoms with Crippen molar-refractivity contribution >= 4 is 35.0 Å². The molecule has 2 heterocycles. The van der Waals surface area contributed by atoms with Gasteiger partial charge >= 0.3 is 5.97 Å². The molecule has 7 heteroatoms. The average molecular weight is 339 g/mol. The van der Waals surface area contributed by atoms with Crippen LogP contribution in [0.25, 0.3) is 11.0 Å². The summed E-state index contributed by atoms with van der Waals surface area (Å²) in [4.78, 5) is 27.8. The van der Waals surface area contributed by atoms with Crippen LogP contribution in [0.2, 0.25) is 0 Å². The number of carboxylic acid groups (broad SMARTS) is 1. The summed E-state index contributed by atoms with van der Waals surface area (Å²) in [5.74, 6) is -1.55. The highest BCUT2D eigenvalue weighted by Gasteiger charge is 2.21. The normalized spacial score (nSPS) is 15.5. The standard InChI is InChI=1S/C16H18N2O4.ClH/c1-10-3-4-11(18-7-5-17(2)6-8-18)15-14(10)12(19)9-13(22-15)16(20)21;/h3-4,9H,5-8H2,1-2H3,(H,20,21);1H. The topological polar surface area (TPSA) is 74.0 Å². The lowest BCUT2D eigenvalue weighted by atomic mass is 10.1. The van der Waals surface area contributed by atoms with Crippen LogP contribution < -0.4 is 10.3 Å². The zero-order valence-electron chi connectivity index (χ0n) is 13.0. The van der Waals surface area contributed by atoms with Crippen molar-refractivity contribution in [1.29, 1.82) is 0 Å². The molecule has 1 saturated heterocycles. The van der Waals surface area contributed by atoms with Gasteiger partial charge in [-0.2, -0.15) is 0 Å². The second kappa shape index (κ2) is 6.60. The summed E-state index contributed by atoms with van der Waals surface area (Å²) in [5.41, 5.74) is 1.63. The number of piperazine rings is 1. The van der Waals surface area contributed by atoms with Gasteiger partial charge in [0.2, 0.25) is 5.76 Å². The first-order valence-corrected chi connectivity index (χ1v) is 7.21. The van der Waals surface area contributed by atoms with Gasteiger partial charge in [0.15, 0.2) is 11.0 Å². The molecular formula is C16H19ClN2O4. The summed E-state index contributed by atoms with van der Waals surface area (Å²) in [6.07, 6.45) is 0. The molecular weight excluding hydrogens is 320 g/mol. The maximum absolute atomic E-state index is 12.3. The van der Waals surface area contributed by atoms with Crippen molar-refractivity contribution in [2.45, 2.75) is 6.92 Å². The van der Waals surface area contributed by atoms with E-state index in [1.807, 2.05) is 19.1 Å². The van der Waals surface area contributed by atoms with Crippen molar-refractivity contribution in [1.82, 2.24) is 4.90 Å². The molecule has 1 N–H and O–H groups in total. The molecule has 0 atom stereocenters. The first-order valence-electron chi connectivity index (χ1n) is 7.21. The lowest BCUT2D eigenvalue weighted by molar-refractivity contribution is 0.0663. The van der Waals surface area contributed by atoms with Crippen molar-refractivity contribution in [2.24, 2.45) is 0 Å². The van der Waals surface area contributed by atoms with E-state index in [4.69, 9.17) is 9.52 Å². The molecule has 2 aromatic rings. The van der Waals surface area contributed by atoms with Crippen LogP contribution in [0.1, 0.15) is 16.1 Å². The van der Waals surface area contributed by atoms with Crippen molar-refractivity contribution in [3.8, 4) is 0 Å². The van der Waals surface area contributed by atoms with Gasteiger partial charge in [-0.25, -0.2) is 4.79 Å². The lowest BCUT2D eigenvalue weighted by Crippen LogP contribution is -2.44. The van der Waals surface area contributed by atoms with E-state index < -0.39 is 5.97 Å². The summed E-state index contributed by atoms with van der Waals surface area (Å²) in [6, 6.07) is 4.83. The number of aryl methyl sites for hydroxylation is 1. The molecule has 1 aromatic heterocycles. The van der Waals surface area contributed by atoms with E-state index in [2.05, 4.69) is 16.8 Å². The van der Waals surface area contributed by atoms with Crippen LogP contribution in [-0.4, -0.2) is 49.2 Å². The minimum atomic E-state index is -1.23. The summed E-state index contributed by atoms with van der Waals surface area (Å²) >= 11 is 0. The third-order valence-electron chi connectivity index (χ3n) is 4.12. The molecule has 0 radical (unpaired) electrons. The predicted octanol–water partition coefficient (Wildman–Crippen LogP) is 1.97. The smallest absolute Gasteiger partial charge is 0.371 e. The van der Waals surface area contributed by atoms with E-state index in [0.29, 0.717) is 11.0 Å². The fraction of sp³-hybridized carbons (Fsp3) is 0.375. The largest absolute Gasteiger partial charge is 0.475 e. The van der Waals surface area contributed by atoms with E-state index in [1.54, 1.807) is 0 Å². The fourth-order valence-corrected chi connectivity index (χ4v) is 2.81. The number of anilines is 1. The Labute approximate surface area is 139 Å². The Hall–Kier alpha value is -2.05. The molecule has 0 saturated carbocycles. The monoisotopic (exact) mass is 338 g/mol. The SMILES string of the molecule is Cc1ccc(N2CCN(C)CC2)c2oc(C(=O)O)cc(=O)c12.Cl. The first-order chi connectivity index (χ1) is 10.5. The molecule has 124 valence electrons. The molecule has 3 rings (SSSR count). The van der Waals surface area contributed by atoms with Gasteiger partial charge in [-0.15, -0.1) is 12.4 Å². The maximum atomic E-state index is 12.3. The Morgan fingerprint density at radius 2 is 1.87 bits per heavy atom. The number of carboxylic acids is 1. The lowest BCUT2D eigenvalue weighted by Gasteiger charge is -2.34. The quantitative estimate of drug-likeness (QED) is 0.902. The Morgan fingerprint density at radius 1 is 1.22 bits per heavy atom. The highest BCUT2D eigenvalue weighted by molar-refractivity contribution is 5.94. The summed E-state index contributed by atoms with van der Waals surface area (Å²) in [5, 5.41) is 9.58. The Morgan fingerprint density at radius 3 is 2.48 bits per heavy atom. The second-order valence-electron chi connectivity index (χ2n) is 5.68. The van der Waals surface area contributed by atoms with Gasteiger partial charge in [0, 0.05) is 32.2 Å². The van der Waals surface area contributed by atoms with E-state index in [-0.39, 0.29) is 23.6 Å². The first kappa shape index (κ1) is 17.3. The molecule has 6 nitrogen and oxygen atoms in total. The van der Waals surface area contributed by atoms with Gasteiger partial charge < -0.3 is 19.3 Å². The van der Waals surface area contributed by atoms with Crippen molar-refractivity contribution in [2.75, 3.05) is 38.1 Å². The van der Waals surface area contributed by atoms with E-state index in [0.717, 1.165) is 43.5 Å². The number of halogens is 1. The second-order valence-corrected chi connectivity index (χ2v) is 5.68. The highest BCUT2D eigenvalue weighted by Crippen LogP contribution is 2.29. The molecule has 23 heavy (non-hydrogen) atoms. The predicted molar refractivity (Wildman–Crippen MR) is 91.1 cm³/mol. The molecule has 0 amide bonds. The summed E-state index contributed by atoms with van der Waals surface area (Å²) < 4.78 is 5.54. The Kier molecular flexibility index (Phi) is 4.97.